The molecule has 0 spiro atoms. The maximum atomic E-state index is 9.15. The minimum absolute atomic E-state index is 0.0282. The van der Waals surface area contributed by atoms with E-state index >= 15 is 0 Å². The molecule has 0 amide bonds. The molecule has 0 aromatic heterocycles. The van der Waals surface area contributed by atoms with Crippen molar-refractivity contribution in [2.45, 2.75) is 46.6 Å². The molecule has 0 atom stereocenters. The maximum absolute atomic E-state index is 9.15. The highest BCUT2D eigenvalue weighted by Gasteiger charge is 2.25. The maximum Gasteiger partial charge on any atom is 0.0453 e. The normalized spacial score (nSPS) is 11.7. The molecule has 0 aliphatic rings. The minimum atomic E-state index is -0.0282. The van der Waals surface area contributed by atoms with E-state index in [1.54, 1.807) is 0 Å². The van der Waals surface area contributed by atoms with E-state index in [-0.39, 0.29) is 12.1 Å². The summed E-state index contributed by atoms with van der Waals surface area (Å²) in [5, 5.41) is 9.15. The van der Waals surface area contributed by atoms with Gasteiger partial charge in [0.25, 0.3) is 0 Å². The molecular weight excluding hydrogens is 210 g/mol. The van der Waals surface area contributed by atoms with Gasteiger partial charge in [-0.05, 0) is 52.2 Å². The van der Waals surface area contributed by atoms with E-state index in [9.17, 15) is 0 Å². The van der Waals surface area contributed by atoms with Gasteiger partial charge < -0.3 is 10.0 Å². The Hall–Kier alpha value is -1.02. The van der Waals surface area contributed by atoms with E-state index in [4.69, 9.17) is 5.11 Å². The molecule has 96 valence electrons. The van der Waals surface area contributed by atoms with Gasteiger partial charge in [-0.2, -0.15) is 0 Å². The second-order valence-corrected chi connectivity index (χ2v) is 5.59. The molecule has 0 saturated heterocycles. The predicted octanol–water partition coefficient (Wildman–Crippen LogP) is 3.21. The molecule has 2 nitrogen and oxygen atoms in total. The summed E-state index contributed by atoms with van der Waals surface area (Å²) in [5.74, 6) is 0. The molecule has 0 bridgehead atoms. The average Bonchev–Trinajstić information content (AvgIpc) is 2.15. The molecular formula is C15H25NO. The zero-order chi connectivity index (χ0) is 13.2. The van der Waals surface area contributed by atoms with Crippen LogP contribution in [0.5, 0.6) is 0 Å². The van der Waals surface area contributed by atoms with Crippen LogP contribution in [0.2, 0.25) is 0 Å². The number of rotatable bonds is 4. The minimum Gasteiger partial charge on any atom is -0.396 e. The molecule has 1 aromatic carbocycles. The summed E-state index contributed by atoms with van der Waals surface area (Å²) in [6, 6.07) is 4.43. The molecule has 1 rings (SSSR count). The van der Waals surface area contributed by atoms with E-state index in [1.165, 1.54) is 22.4 Å². The molecule has 0 fully saturated rings. The number of aliphatic hydroxyl groups is 1. The van der Waals surface area contributed by atoms with Gasteiger partial charge in [0, 0.05) is 24.9 Å². The topological polar surface area (TPSA) is 23.5 Å². The summed E-state index contributed by atoms with van der Waals surface area (Å²) in [6.45, 7) is 11.0. The summed E-state index contributed by atoms with van der Waals surface area (Å²) in [6.07, 6.45) is 0.774. The van der Waals surface area contributed by atoms with E-state index in [2.05, 4.69) is 58.7 Å². The fourth-order valence-corrected chi connectivity index (χ4v) is 2.45. The van der Waals surface area contributed by atoms with Crippen molar-refractivity contribution in [3.8, 4) is 0 Å². The van der Waals surface area contributed by atoms with Crippen molar-refractivity contribution in [2.24, 2.45) is 0 Å². The molecule has 0 unspecified atom stereocenters. The Bertz CT molecular complexity index is 373. The van der Waals surface area contributed by atoms with Crippen LogP contribution < -0.4 is 4.90 Å². The van der Waals surface area contributed by atoms with Crippen LogP contribution in [0.15, 0.2) is 12.1 Å². The Kier molecular flexibility index (Phi) is 4.21. The van der Waals surface area contributed by atoms with Crippen LogP contribution in [0.4, 0.5) is 5.69 Å². The molecule has 1 N–H and O–H groups in total. The zero-order valence-corrected chi connectivity index (χ0v) is 12.0. The predicted molar refractivity (Wildman–Crippen MR) is 74.8 cm³/mol. The summed E-state index contributed by atoms with van der Waals surface area (Å²) in [4.78, 5) is 2.29. The highest BCUT2D eigenvalue weighted by molar-refractivity contribution is 5.61. The van der Waals surface area contributed by atoms with Crippen molar-refractivity contribution < 1.29 is 5.11 Å². The molecule has 1 aromatic rings. The first-order valence-corrected chi connectivity index (χ1v) is 6.22. The van der Waals surface area contributed by atoms with Crippen molar-refractivity contribution in [3.63, 3.8) is 0 Å². The van der Waals surface area contributed by atoms with Gasteiger partial charge in [-0.1, -0.05) is 17.7 Å². The Balaban J connectivity index is 3.16. The van der Waals surface area contributed by atoms with Crippen LogP contribution in [-0.2, 0) is 0 Å². The van der Waals surface area contributed by atoms with Crippen LogP contribution in [-0.4, -0.2) is 24.3 Å². The molecule has 0 radical (unpaired) electrons. The van der Waals surface area contributed by atoms with Crippen molar-refractivity contribution in [1.29, 1.82) is 0 Å². The van der Waals surface area contributed by atoms with Crippen molar-refractivity contribution in [3.05, 3.63) is 28.8 Å². The van der Waals surface area contributed by atoms with Gasteiger partial charge in [-0.3, -0.25) is 0 Å². The van der Waals surface area contributed by atoms with Crippen molar-refractivity contribution >= 4 is 5.69 Å². The van der Waals surface area contributed by atoms with Crippen LogP contribution >= 0.6 is 0 Å². The lowest BCUT2D eigenvalue weighted by Crippen LogP contribution is -2.42. The lowest BCUT2D eigenvalue weighted by molar-refractivity contribution is 0.250. The standard InChI is InChI=1S/C15H25NO/c1-11-9-12(2)14(13(3)10-11)16(6)15(4,5)7-8-17/h9-10,17H,7-8H2,1-6H3. The number of hydrogen-bond donors (Lipinski definition) is 1. The molecule has 0 aliphatic heterocycles. The Labute approximate surface area is 105 Å². The third-order valence-electron chi connectivity index (χ3n) is 3.60. The van der Waals surface area contributed by atoms with Crippen molar-refractivity contribution in [1.82, 2.24) is 0 Å². The molecule has 2 heteroatoms. The second kappa shape index (κ2) is 5.09. The number of aryl methyl sites for hydroxylation is 3. The van der Waals surface area contributed by atoms with Gasteiger partial charge in [-0.25, -0.2) is 0 Å². The van der Waals surface area contributed by atoms with Crippen LogP contribution in [0.3, 0.4) is 0 Å². The monoisotopic (exact) mass is 235 g/mol. The summed E-state index contributed by atoms with van der Waals surface area (Å²) in [7, 11) is 2.11. The molecule has 0 heterocycles. The number of nitrogens with zero attached hydrogens (tertiary/aromatic N) is 1. The van der Waals surface area contributed by atoms with E-state index in [0.717, 1.165) is 6.42 Å². The fourth-order valence-electron chi connectivity index (χ4n) is 2.45. The first kappa shape index (κ1) is 14.0. The summed E-state index contributed by atoms with van der Waals surface area (Å²) < 4.78 is 0. The van der Waals surface area contributed by atoms with Crippen LogP contribution in [0.25, 0.3) is 0 Å². The molecule has 0 saturated carbocycles. The van der Waals surface area contributed by atoms with Gasteiger partial charge in [0.15, 0.2) is 0 Å². The lowest BCUT2D eigenvalue weighted by Gasteiger charge is -2.39. The Morgan fingerprint density at radius 2 is 1.59 bits per heavy atom. The fraction of sp³-hybridized carbons (Fsp3) is 0.600. The average molecular weight is 235 g/mol. The quantitative estimate of drug-likeness (QED) is 0.866. The van der Waals surface area contributed by atoms with Gasteiger partial charge in [0.1, 0.15) is 0 Å². The first-order chi connectivity index (χ1) is 7.79. The highest BCUT2D eigenvalue weighted by atomic mass is 16.3. The van der Waals surface area contributed by atoms with E-state index in [1.807, 2.05) is 0 Å². The van der Waals surface area contributed by atoms with Gasteiger partial charge in [0.2, 0.25) is 0 Å². The number of anilines is 1. The van der Waals surface area contributed by atoms with Crippen LogP contribution in [0, 0.1) is 20.8 Å². The van der Waals surface area contributed by atoms with E-state index < -0.39 is 0 Å². The first-order valence-electron chi connectivity index (χ1n) is 6.22. The molecule has 0 aliphatic carbocycles. The smallest absolute Gasteiger partial charge is 0.0453 e. The SMILES string of the molecule is Cc1cc(C)c(N(C)C(C)(C)CCO)c(C)c1. The number of benzene rings is 1. The summed E-state index contributed by atoms with van der Waals surface area (Å²) >= 11 is 0. The lowest BCUT2D eigenvalue weighted by atomic mass is 9.95. The van der Waals surface area contributed by atoms with Gasteiger partial charge in [-0.15, -0.1) is 0 Å². The Morgan fingerprint density at radius 3 is 2.00 bits per heavy atom. The summed E-state index contributed by atoms with van der Waals surface area (Å²) in [5.41, 5.74) is 5.16. The van der Waals surface area contributed by atoms with Crippen LogP contribution in [0.1, 0.15) is 37.0 Å². The van der Waals surface area contributed by atoms with E-state index in [0.29, 0.717) is 0 Å². The zero-order valence-electron chi connectivity index (χ0n) is 12.0. The van der Waals surface area contributed by atoms with Gasteiger partial charge in [0.05, 0.1) is 0 Å². The number of aliphatic hydroxyl groups excluding tert-OH is 1. The van der Waals surface area contributed by atoms with Crippen molar-refractivity contribution in [2.75, 3.05) is 18.6 Å². The molecule has 17 heavy (non-hydrogen) atoms. The third-order valence-corrected chi connectivity index (χ3v) is 3.60. The Morgan fingerprint density at radius 1 is 1.12 bits per heavy atom. The second-order valence-electron chi connectivity index (χ2n) is 5.59. The third kappa shape index (κ3) is 3.01. The largest absolute Gasteiger partial charge is 0.396 e. The highest BCUT2D eigenvalue weighted by Crippen LogP contribution is 2.31. The van der Waals surface area contributed by atoms with Gasteiger partial charge >= 0.3 is 0 Å². The number of hydrogen-bond acceptors (Lipinski definition) is 2.